The van der Waals surface area contributed by atoms with Gasteiger partial charge in [-0.1, -0.05) is 24.4 Å². The average Bonchev–Trinajstić information content (AvgIpc) is 2.82. The second-order valence-corrected chi connectivity index (χ2v) is 4.35. The van der Waals surface area contributed by atoms with Gasteiger partial charge in [-0.2, -0.15) is 0 Å². The number of carbonyl (C=O) groups excluding carboxylic acids is 1. The van der Waals surface area contributed by atoms with Crippen molar-refractivity contribution in [3.63, 3.8) is 0 Å². The number of methoxy groups -OCH3 is 1. The van der Waals surface area contributed by atoms with Gasteiger partial charge in [-0.05, 0) is 24.3 Å². The summed E-state index contributed by atoms with van der Waals surface area (Å²) in [6.07, 6.45) is 0. The molecule has 0 aliphatic heterocycles. The summed E-state index contributed by atoms with van der Waals surface area (Å²) in [5.74, 6) is -0.357. The number of esters is 1. The summed E-state index contributed by atoms with van der Waals surface area (Å²) >= 11 is 0. The number of furan rings is 1. The first-order valence-corrected chi connectivity index (χ1v) is 6.07. The maximum Gasteiger partial charge on any atom is 0.337 e. The van der Waals surface area contributed by atoms with Crippen LogP contribution in [0.3, 0.4) is 0 Å². The number of ether oxygens (including phenoxy) is 1. The highest BCUT2D eigenvalue weighted by Gasteiger charge is 2.11. The largest absolute Gasteiger partial charge is 0.465 e. The van der Waals surface area contributed by atoms with Crippen molar-refractivity contribution in [1.82, 2.24) is 0 Å². The third-order valence-electron chi connectivity index (χ3n) is 3.25. The molecule has 3 aromatic rings. The quantitative estimate of drug-likeness (QED) is 0.519. The van der Waals surface area contributed by atoms with E-state index in [1.165, 1.54) is 7.11 Å². The summed E-state index contributed by atoms with van der Waals surface area (Å²) in [5.41, 5.74) is 3.13. The number of hydrogen-bond acceptors (Lipinski definition) is 3. The van der Waals surface area contributed by atoms with Gasteiger partial charge in [0.15, 0.2) is 0 Å². The molecule has 3 nitrogen and oxygen atoms in total. The molecule has 0 aliphatic carbocycles. The molecule has 0 saturated heterocycles. The summed E-state index contributed by atoms with van der Waals surface area (Å²) in [7, 11) is 3.39. The Morgan fingerprint density at radius 3 is 2.47 bits per heavy atom. The van der Waals surface area contributed by atoms with Crippen LogP contribution in [0, 0.1) is 0 Å². The Hall–Kier alpha value is -2.23. The molecule has 0 saturated carbocycles. The van der Waals surface area contributed by atoms with Crippen LogP contribution in [0.4, 0.5) is 0 Å². The molecule has 0 aliphatic rings. The first-order chi connectivity index (χ1) is 9.22. The molecule has 0 spiro atoms. The Balaban J connectivity index is 2.24. The van der Waals surface area contributed by atoms with Crippen molar-refractivity contribution in [3.8, 4) is 0 Å². The van der Waals surface area contributed by atoms with Gasteiger partial charge in [-0.3, -0.25) is 0 Å². The Morgan fingerprint density at radius 1 is 1.11 bits per heavy atom. The smallest absolute Gasteiger partial charge is 0.337 e. The predicted molar refractivity (Wildman–Crippen MR) is 76.3 cm³/mol. The molecular formula is C15H12BO3. The van der Waals surface area contributed by atoms with E-state index in [0.717, 1.165) is 21.8 Å². The summed E-state index contributed by atoms with van der Waals surface area (Å²) in [6.45, 7) is 1.99. The fourth-order valence-electron chi connectivity index (χ4n) is 2.22. The van der Waals surface area contributed by atoms with Gasteiger partial charge >= 0.3 is 5.97 Å². The minimum Gasteiger partial charge on any atom is -0.465 e. The second-order valence-electron chi connectivity index (χ2n) is 4.35. The van der Waals surface area contributed by atoms with E-state index in [1.54, 1.807) is 12.1 Å². The van der Waals surface area contributed by atoms with E-state index in [9.17, 15) is 4.79 Å². The van der Waals surface area contributed by atoms with Gasteiger partial charge in [-0.25, -0.2) is 4.79 Å². The number of hydrogen-bond donors (Lipinski definition) is 0. The van der Waals surface area contributed by atoms with Crippen molar-refractivity contribution in [2.45, 2.75) is 6.82 Å². The lowest BCUT2D eigenvalue weighted by Gasteiger charge is -1.97. The van der Waals surface area contributed by atoms with Crippen molar-refractivity contribution < 1.29 is 13.9 Å². The minimum atomic E-state index is -0.357. The van der Waals surface area contributed by atoms with Gasteiger partial charge in [0.1, 0.15) is 18.4 Å². The fraction of sp³-hybridized carbons (Fsp3) is 0.133. The van der Waals surface area contributed by atoms with Gasteiger partial charge < -0.3 is 9.15 Å². The van der Waals surface area contributed by atoms with Crippen LogP contribution in [0.15, 0.2) is 40.8 Å². The highest BCUT2D eigenvalue weighted by atomic mass is 16.5. The lowest BCUT2D eigenvalue weighted by Crippen LogP contribution is -2.08. The lowest BCUT2D eigenvalue weighted by molar-refractivity contribution is 0.0601. The molecule has 0 atom stereocenters. The normalized spacial score (nSPS) is 10.8. The standard InChI is InChI=1S/C15H12BO3/c1-16-10-4-6-12-11-5-3-9(15(17)18-2)7-13(11)19-14(12)8-10/h3-8H,1-2H3. The summed E-state index contributed by atoms with van der Waals surface area (Å²) in [6, 6.07) is 11.4. The number of carbonyl (C=O) groups is 1. The second kappa shape index (κ2) is 4.46. The molecule has 19 heavy (non-hydrogen) atoms. The molecule has 0 amide bonds. The third kappa shape index (κ3) is 1.89. The molecular weight excluding hydrogens is 239 g/mol. The van der Waals surface area contributed by atoms with Crippen molar-refractivity contribution in [2.24, 2.45) is 0 Å². The van der Waals surface area contributed by atoms with Gasteiger partial charge in [0, 0.05) is 10.8 Å². The maximum atomic E-state index is 11.5. The summed E-state index contributed by atoms with van der Waals surface area (Å²) < 4.78 is 10.5. The van der Waals surface area contributed by atoms with Crippen molar-refractivity contribution in [3.05, 3.63) is 42.0 Å². The van der Waals surface area contributed by atoms with Crippen LogP contribution in [-0.4, -0.2) is 20.4 Å². The Morgan fingerprint density at radius 2 is 1.79 bits per heavy atom. The van der Waals surface area contributed by atoms with E-state index in [2.05, 4.69) is 0 Å². The third-order valence-corrected chi connectivity index (χ3v) is 3.25. The van der Waals surface area contributed by atoms with E-state index in [4.69, 9.17) is 9.15 Å². The molecule has 0 N–H and O–H groups in total. The van der Waals surface area contributed by atoms with E-state index in [1.807, 2.05) is 38.4 Å². The van der Waals surface area contributed by atoms with Gasteiger partial charge in [-0.15, -0.1) is 0 Å². The van der Waals surface area contributed by atoms with Crippen LogP contribution < -0.4 is 5.46 Å². The van der Waals surface area contributed by atoms with Crippen molar-refractivity contribution in [2.75, 3.05) is 7.11 Å². The first-order valence-electron chi connectivity index (χ1n) is 6.07. The Labute approximate surface area is 111 Å². The summed E-state index contributed by atoms with van der Waals surface area (Å²) in [5, 5.41) is 2.06. The minimum absolute atomic E-state index is 0.357. The van der Waals surface area contributed by atoms with E-state index in [-0.39, 0.29) is 5.97 Å². The van der Waals surface area contributed by atoms with Crippen LogP contribution >= 0.6 is 0 Å². The topological polar surface area (TPSA) is 39.4 Å². The molecule has 2 aromatic carbocycles. The Bertz CT molecular complexity index is 774. The number of benzene rings is 2. The molecule has 0 fully saturated rings. The monoisotopic (exact) mass is 251 g/mol. The molecule has 1 aromatic heterocycles. The molecule has 1 radical (unpaired) electrons. The van der Waals surface area contributed by atoms with Gasteiger partial charge in [0.05, 0.1) is 12.7 Å². The molecule has 0 unspecified atom stereocenters. The lowest BCUT2D eigenvalue weighted by atomic mass is 9.73. The van der Waals surface area contributed by atoms with Crippen LogP contribution in [-0.2, 0) is 4.74 Å². The Kier molecular flexibility index (Phi) is 2.78. The zero-order valence-electron chi connectivity index (χ0n) is 10.8. The maximum absolute atomic E-state index is 11.5. The fourth-order valence-corrected chi connectivity index (χ4v) is 2.22. The van der Waals surface area contributed by atoms with Gasteiger partial charge in [0.25, 0.3) is 0 Å². The highest BCUT2D eigenvalue weighted by Crippen LogP contribution is 2.28. The van der Waals surface area contributed by atoms with Crippen LogP contribution in [0.5, 0.6) is 0 Å². The van der Waals surface area contributed by atoms with Crippen molar-refractivity contribution >= 4 is 40.7 Å². The SMILES string of the molecule is C[B]c1ccc2c(c1)oc1cc(C(=O)OC)ccc12. The van der Waals surface area contributed by atoms with Crippen LogP contribution in [0.1, 0.15) is 10.4 Å². The number of fused-ring (bicyclic) bond motifs is 3. The van der Waals surface area contributed by atoms with E-state index < -0.39 is 0 Å². The summed E-state index contributed by atoms with van der Waals surface area (Å²) in [4.78, 5) is 11.5. The zero-order valence-corrected chi connectivity index (χ0v) is 10.8. The van der Waals surface area contributed by atoms with Gasteiger partial charge in [0.2, 0.25) is 0 Å². The highest BCUT2D eigenvalue weighted by molar-refractivity contribution is 6.52. The molecule has 0 bridgehead atoms. The molecule has 4 heteroatoms. The van der Waals surface area contributed by atoms with Crippen LogP contribution in [0.2, 0.25) is 6.82 Å². The van der Waals surface area contributed by atoms with Crippen LogP contribution in [0.25, 0.3) is 21.9 Å². The zero-order chi connectivity index (χ0) is 13.4. The average molecular weight is 251 g/mol. The van der Waals surface area contributed by atoms with E-state index in [0.29, 0.717) is 11.1 Å². The van der Waals surface area contributed by atoms with E-state index >= 15 is 0 Å². The molecule has 93 valence electrons. The predicted octanol–water partition coefficient (Wildman–Crippen LogP) is 2.75. The number of rotatable bonds is 2. The molecule has 1 heterocycles. The van der Waals surface area contributed by atoms with Crippen molar-refractivity contribution in [1.29, 1.82) is 0 Å². The molecule has 3 rings (SSSR count). The first kappa shape index (κ1) is 11.8.